The summed E-state index contributed by atoms with van der Waals surface area (Å²) >= 11 is 0. The van der Waals surface area contributed by atoms with Gasteiger partial charge in [-0.05, 0) is 18.4 Å². The molecule has 0 aromatic rings. The van der Waals surface area contributed by atoms with E-state index in [4.69, 9.17) is 5.11 Å². The summed E-state index contributed by atoms with van der Waals surface area (Å²) in [6.45, 7) is 8.33. The van der Waals surface area contributed by atoms with Crippen molar-refractivity contribution in [2.45, 2.75) is 33.2 Å². The first-order chi connectivity index (χ1) is 8.32. The molecule has 6 nitrogen and oxygen atoms in total. The molecule has 1 aliphatic rings. The van der Waals surface area contributed by atoms with E-state index in [1.807, 2.05) is 0 Å². The summed E-state index contributed by atoms with van der Waals surface area (Å²) < 4.78 is 0. The van der Waals surface area contributed by atoms with E-state index >= 15 is 0 Å². The maximum atomic E-state index is 12.0. The smallest absolute Gasteiger partial charge is 0.326 e. The molecule has 0 aromatic carbocycles. The molecule has 1 aliphatic heterocycles. The van der Waals surface area contributed by atoms with Crippen LogP contribution in [0.5, 0.6) is 0 Å². The van der Waals surface area contributed by atoms with Gasteiger partial charge in [0.25, 0.3) is 0 Å². The van der Waals surface area contributed by atoms with Crippen LogP contribution in [0, 0.1) is 5.41 Å². The van der Waals surface area contributed by atoms with Crippen LogP contribution < -0.4 is 10.6 Å². The minimum Gasteiger partial charge on any atom is -0.480 e. The van der Waals surface area contributed by atoms with Gasteiger partial charge in [-0.3, -0.25) is 0 Å². The van der Waals surface area contributed by atoms with Gasteiger partial charge in [0.15, 0.2) is 0 Å². The van der Waals surface area contributed by atoms with Gasteiger partial charge in [-0.15, -0.1) is 0 Å². The van der Waals surface area contributed by atoms with Crippen LogP contribution in [0.4, 0.5) is 4.79 Å². The summed E-state index contributed by atoms with van der Waals surface area (Å²) in [6, 6.07) is -1.16. The van der Waals surface area contributed by atoms with E-state index in [9.17, 15) is 9.59 Å². The molecule has 0 saturated carbocycles. The Morgan fingerprint density at radius 2 is 1.94 bits per heavy atom. The van der Waals surface area contributed by atoms with Crippen molar-refractivity contribution in [3.8, 4) is 0 Å². The summed E-state index contributed by atoms with van der Waals surface area (Å²) in [5.41, 5.74) is -0.508. The van der Waals surface area contributed by atoms with Crippen molar-refractivity contribution in [1.29, 1.82) is 0 Å². The number of nitrogens with one attached hydrogen (secondary N) is 2. The van der Waals surface area contributed by atoms with Gasteiger partial charge in [-0.2, -0.15) is 0 Å². The highest BCUT2D eigenvalue weighted by molar-refractivity contribution is 5.83. The Labute approximate surface area is 108 Å². The molecule has 0 radical (unpaired) electrons. The topological polar surface area (TPSA) is 81.7 Å². The van der Waals surface area contributed by atoms with Gasteiger partial charge in [0, 0.05) is 19.6 Å². The predicted molar refractivity (Wildman–Crippen MR) is 68.5 cm³/mol. The molecule has 0 aliphatic carbocycles. The van der Waals surface area contributed by atoms with Crippen molar-refractivity contribution >= 4 is 12.0 Å². The Morgan fingerprint density at radius 1 is 1.28 bits per heavy atom. The molecule has 6 heteroatoms. The van der Waals surface area contributed by atoms with E-state index < -0.39 is 17.4 Å². The molecule has 1 atom stereocenters. The third-order valence-electron chi connectivity index (χ3n) is 3.01. The van der Waals surface area contributed by atoms with Crippen LogP contribution in [0.1, 0.15) is 27.2 Å². The van der Waals surface area contributed by atoms with Crippen LogP contribution in [0.15, 0.2) is 0 Å². The molecular weight excluding hydrogens is 234 g/mol. The number of urea groups is 1. The number of carbonyl (C=O) groups excluding carboxylic acids is 1. The third-order valence-corrected chi connectivity index (χ3v) is 3.01. The van der Waals surface area contributed by atoms with Crippen molar-refractivity contribution in [3.05, 3.63) is 0 Å². The molecule has 1 rings (SSSR count). The van der Waals surface area contributed by atoms with Crippen LogP contribution in [0.25, 0.3) is 0 Å². The summed E-state index contributed by atoms with van der Waals surface area (Å²) in [6.07, 6.45) is 0.890. The minimum atomic E-state index is -0.996. The number of aliphatic carboxylic acids is 1. The zero-order valence-electron chi connectivity index (χ0n) is 11.3. The lowest BCUT2D eigenvalue weighted by molar-refractivity contribution is -0.142. The van der Waals surface area contributed by atoms with Crippen LogP contribution >= 0.6 is 0 Å². The highest BCUT2D eigenvalue weighted by Gasteiger charge is 2.33. The number of carbonyl (C=O) groups is 2. The SMILES string of the molecule is CC(C)(C)C(NC(=O)N1CCCNCC1)C(=O)O. The van der Waals surface area contributed by atoms with E-state index in [0.717, 1.165) is 19.5 Å². The van der Waals surface area contributed by atoms with Gasteiger partial charge < -0.3 is 20.6 Å². The van der Waals surface area contributed by atoms with Crippen molar-refractivity contribution in [2.24, 2.45) is 5.41 Å². The fourth-order valence-electron chi connectivity index (χ4n) is 1.91. The molecule has 1 saturated heterocycles. The molecule has 0 spiro atoms. The lowest BCUT2D eigenvalue weighted by Gasteiger charge is -2.30. The Bertz CT molecular complexity index is 304. The molecule has 1 fully saturated rings. The van der Waals surface area contributed by atoms with Gasteiger partial charge in [0.1, 0.15) is 6.04 Å². The highest BCUT2D eigenvalue weighted by Crippen LogP contribution is 2.19. The van der Waals surface area contributed by atoms with Crippen LogP contribution in [0.2, 0.25) is 0 Å². The van der Waals surface area contributed by atoms with Crippen molar-refractivity contribution in [3.63, 3.8) is 0 Å². The van der Waals surface area contributed by atoms with Gasteiger partial charge in [0.05, 0.1) is 0 Å². The number of carboxylic acids is 1. The van der Waals surface area contributed by atoms with E-state index in [2.05, 4.69) is 10.6 Å². The quantitative estimate of drug-likeness (QED) is 0.672. The molecule has 1 unspecified atom stereocenters. The summed E-state index contributed by atoms with van der Waals surface area (Å²) in [5, 5.41) is 15.0. The average molecular weight is 257 g/mol. The second-order valence-corrected chi connectivity index (χ2v) is 5.68. The van der Waals surface area contributed by atoms with E-state index in [-0.39, 0.29) is 6.03 Å². The first-order valence-electron chi connectivity index (χ1n) is 6.31. The number of carboxylic acid groups (broad SMARTS) is 1. The maximum Gasteiger partial charge on any atom is 0.326 e. The lowest BCUT2D eigenvalue weighted by Crippen LogP contribution is -2.53. The largest absolute Gasteiger partial charge is 0.480 e. The molecule has 104 valence electrons. The number of hydrogen-bond donors (Lipinski definition) is 3. The van der Waals surface area contributed by atoms with Crippen molar-refractivity contribution in [1.82, 2.24) is 15.5 Å². The molecule has 18 heavy (non-hydrogen) atoms. The molecule has 1 heterocycles. The first kappa shape index (κ1) is 14.8. The average Bonchev–Trinajstić information content (AvgIpc) is 2.51. The monoisotopic (exact) mass is 257 g/mol. The van der Waals surface area contributed by atoms with Crippen molar-refractivity contribution < 1.29 is 14.7 Å². The van der Waals surface area contributed by atoms with E-state index in [1.54, 1.807) is 25.7 Å². The Kier molecular flexibility index (Phi) is 4.95. The first-order valence-corrected chi connectivity index (χ1v) is 6.31. The summed E-state index contributed by atoms with van der Waals surface area (Å²) in [5.74, 6) is -0.996. The molecule has 0 aromatic heterocycles. The molecule has 2 amide bonds. The van der Waals surface area contributed by atoms with Crippen LogP contribution in [-0.4, -0.2) is 54.2 Å². The van der Waals surface area contributed by atoms with Crippen LogP contribution in [0.3, 0.4) is 0 Å². The van der Waals surface area contributed by atoms with Crippen LogP contribution in [-0.2, 0) is 4.79 Å². The summed E-state index contributed by atoms with van der Waals surface area (Å²) in [4.78, 5) is 24.9. The standard InChI is InChI=1S/C12H23N3O3/c1-12(2,3)9(10(16)17)14-11(18)15-7-4-5-13-6-8-15/h9,13H,4-8H2,1-3H3,(H,14,18)(H,16,17). The molecule has 3 N–H and O–H groups in total. The van der Waals surface area contributed by atoms with Gasteiger partial charge in [-0.25, -0.2) is 9.59 Å². The highest BCUT2D eigenvalue weighted by atomic mass is 16.4. The second-order valence-electron chi connectivity index (χ2n) is 5.68. The Hall–Kier alpha value is -1.30. The Balaban J connectivity index is 2.63. The minimum absolute atomic E-state index is 0.291. The van der Waals surface area contributed by atoms with Gasteiger partial charge >= 0.3 is 12.0 Å². The van der Waals surface area contributed by atoms with E-state index in [1.165, 1.54) is 0 Å². The number of amides is 2. The van der Waals surface area contributed by atoms with Gasteiger partial charge in [-0.1, -0.05) is 20.8 Å². The third kappa shape index (κ3) is 4.18. The number of nitrogens with zero attached hydrogens (tertiary/aromatic N) is 1. The zero-order valence-corrected chi connectivity index (χ0v) is 11.3. The fraction of sp³-hybridized carbons (Fsp3) is 0.833. The Morgan fingerprint density at radius 3 is 2.50 bits per heavy atom. The van der Waals surface area contributed by atoms with E-state index in [0.29, 0.717) is 13.1 Å². The maximum absolute atomic E-state index is 12.0. The normalized spacial score (nSPS) is 18.9. The molecular formula is C12H23N3O3. The second kappa shape index (κ2) is 6.04. The zero-order chi connectivity index (χ0) is 13.8. The lowest BCUT2D eigenvalue weighted by atomic mass is 9.87. The summed E-state index contributed by atoms with van der Waals surface area (Å²) in [7, 11) is 0. The van der Waals surface area contributed by atoms with Gasteiger partial charge in [0.2, 0.25) is 0 Å². The predicted octanol–water partition coefficient (Wildman–Crippen LogP) is 0.491. The van der Waals surface area contributed by atoms with Crippen molar-refractivity contribution in [2.75, 3.05) is 26.2 Å². The number of rotatable bonds is 2. The number of hydrogen-bond acceptors (Lipinski definition) is 3. The fourth-order valence-corrected chi connectivity index (χ4v) is 1.91. The molecule has 0 bridgehead atoms.